The molecule has 15 heavy (non-hydrogen) atoms. The Morgan fingerprint density at radius 2 is 2.27 bits per heavy atom. The molecule has 1 heterocycles. The molecule has 1 fully saturated rings. The summed E-state index contributed by atoms with van der Waals surface area (Å²) in [6.07, 6.45) is 6.01. The lowest BCUT2D eigenvalue weighted by atomic mass is 9.78. The number of piperidine rings is 1. The Hall–Kier alpha value is -0.340. The van der Waals surface area contributed by atoms with Crippen LogP contribution in [0.4, 0.5) is 0 Å². The van der Waals surface area contributed by atoms with Gasteiger partial charge in [-0.25, -0.2) is 0 Å². The van der Waals surface area contributed by atoms with Crippen LogP contribution in [-0.2, 0) is 0 Å². The zero-order valence-electron chi connectivity index (χ0n) is 10.4. The third-order valence-electron chi connectivity index (χ3n) is 3.70. The Kier molecular flexibility index (Phi) is 5.34. The standard InChI is InChI=1S/C13H26N2/c1-4-10-15(6-3)12-13(5-2)8-7-9-14-11-13/h4,14H,1,5-12H2,2-3H3. The average Bonchev–Trinajstić information content (AvgIpc) is 2.30. The molecule has 1 rings (SSSR count). The molecule has 1 aliphatic rings. The molecule has 0 aromatic carbocycles. The van der Waals surface area contributed by atoms with E-state index in [9.17, 15) is 0 Å². The smallest absolute Gasteiger partial charge is 0.0160 e. The largest absolute Gasteiger partial charge is 0.316 e. The van der Waals surface area contributed by atoms with Crippen LogP contribution in [0, 0.1) is 5.41 Å². The van der Waals surface area contributed by atoms with E-state index in [1.165, 1.54) is 38.9 Å². The molecule has 0 spiro atoms. The minimum absolute atomic E-state index is 0.511. The number of rotatable bonds is 6. The summed E-state index contributed by atoms with van der Waals surface area (Å²) in [7, 11) is 0. The van der Waals surface area contributed by atoms with Gasteiger partial charge in [-0.3, -0.25) is 4.90 Å². The van der Waals surface area contributed by atoms with Crippen LogP contribution in [0.1, 0.15) is 33.1 Å². The number of nitrogens with one attached hydrogen (secondary N) is 1. The normalized spacial score (nSPS) is 26.9. The molecule has 0 aromatic rings. The number of nitrogens with zero attached hydrogens (tertiary/aromatic N) is 1. The molecule has 0 aromatic heterocycles. The van der Waals surface area contributed by atoms with Crippen molar-refractivity contribution in [3.63, 3.8) is 0 Å². The number of likely N-dealkylation sites (N-methyl/N-ethyl adjacent to an activating group) is 1. The Morgan fingerprint density at radius 3 is 2.73 bits per heavy atom. The highest BCUT2D eigenvalue weighted by atomic mass is 15.1. The highest BCUT2D eigenvalue weighted by Gasteiger charge is 2.31. The molecule has 1 aliphatic heterocycles. The zero-order chi connectivity index (χ0) is 11.1. The maximum Gasteiger partial charge on any atom is 0.0160 e. The minimum Gasteiger partial charge on any atom is -0.316 e. The van der Waals surface area contributed by atoms with Crippen molar-refractivity contribution in [1.82, 2.24) is 10.2 Å². The molecule has 0 radical (unpaired) electrons. The summed E-state index contributed by atoms with van der Waals surface area (Å²) in [5, 5.41) is 3.55. The van der Waals surface area contributed by atoms with Gasteiger partial charge in [-0.05, 0) is 37.8 Å². The van der Waals surface area contributed by atoms with Crippen molar-refractivity contribution in [3.05, 3.63) is 12.7 Å². The molecule has 88 valence electrons. The predicted octanol–water partition coefficient (Wildman–Crippen LogP) is 2.27. The highest BCUT2D eigenvalue weighted by molar-refractivity contribution is 4.88. The lowest BCUT2D eigenvalue weighted by molar-refractivity contribution is 0.123. The van der Waals surface area contributed by atoms with Crippen molar-refractivity contribution in [2.45, 2.75) is 33.1 Å². The maximum absolute atomic E-state index is 3.83. The summed E-state index contributed by atoms with van der Waals surface area (Å²) < 4.78 is 0. The van der Waals surface area contributed by atoms with Crippen molar-refractivity contribution in [3.8, 4) is 0 Å². The van der Waals surface area contributed by atoms with E-state index in [1.807, 2.05) is 6.08 Å². The minimum atomic E-state index is 0.511. The van der Waals surface area contributed by atoms with Crippen LogP contribution in [0.15, 0.2) is 12.7 Å². The van der Waals surface area contributed by atoms with Gasteiger partial charge in [0.05, 0.1) is 0 Å². The van der Waals surface area contributed by atoms with Gasteiger partial charge in [0.1, 0.15) is 0 Å². The van der Waals surface area contributed by atoms with Crippen LogP contribution in [0.5, 0.6) is 0 Å². The predicted molar refractivity (Wildman–Crippen MR) is 67.1 cm³/mol. The quantitative estimate of drug-likeness (QED) is 0.677. The summed E-state index contributed by atoms with van der Waals surface area (Å²) in [4.78, 5) is 2.50. The van der Waals surface area contributed by atoms with Crippen LogP contribution < -0.4 is 5.32 Å². The van der Waals surface area contributed by atoms with Gasteiger partial charge in [-0.15, -0.1) is 6.58 Å². The van der Waals surface area contributed by atoms with Crippen LogP contribution in [0.3, 0.4) is 0 Å². The molecule has 1 unspecified atom stereocenters. The van der Waals surface area contributed by atoms with Gasteiger partial charge >= 0.3 is 0 Å². The molecule has 1 atom stereocenters. The fourth-order valence-corrected chi connectivity index (χ4v) is 2.54. The third-order valence-corrected chi connectivity index (χ3v) is 3.70. The summed E-state index contributed by atoms with van der Waals surface area (Å²) in [6, 6.07) is 0. The van der Waals surface area contributed by atoms with Crippen molar-refractivity contribution in [2.24, 2.45) is 5.41 Å². The number of hydrogen-bond acceptors (Lipinski definition) is 2. The molecule has 0 amide bonds. The summed E-state index contributed by atoms with van der Waals surface area (Å²) in [5.41, 5.74) is 0.511. The average molecular weight is 210 g/mol. The SMILES string of the molecule is C=CCN(CC)CC1(CC)CCCNC1. The van der Waals surface area contributed by atoms with Crippen LogP contribution in [0.2, 0.25) is 0 Å². The Labute approximate surface area is 94.7 Å². The van der Waals surface area contributed by atoms with Crippen molar-refractivity contribution >= 4 is 0 Å². The van der Waals surface area contributed by atoms with Gasteiger partial charge in [0.25, 0.3) is 0 Å². The second-order valence-corrected chi connectivity index (χ2v) is 4.75. The van der Waals surface area contributed by atoms with Gasteiger partial charge in [0.15, 0.2) is 0 Å². The third kappa shape index (κ3) is 3.62. The first-order valence-electron chi connectivity index (χ1n) is 6.30. The van der Waals surface area contributed by atoms with E-state index < -0.39 is 0 Å². The Balaban J connectivity index is 2.52. The molecule has 2 heteroatoms. The van der Waals surface area contributed by atoms with Crippen LogP contribution >= 0.6 is 0 Å². The van der Waals surface area contributed by atoms with E-state index in [-0.39, 0.29) is 0 Å². The van der Waals surface area contributed by atoms with Crippen LogP contribution in [-0.4, -0.2) is 37.6 Å². The monoisotopic (exact) mass is 210 g/mol. The molecule has 1 saturated heterocycles. The molecule has 0 aliphatic carbocycles. The molecule has 0 saturated carbocycles. The lowest BCUT2D eigenvalue weighted by Crippen LogP contribution is -2.47. The maximum atomic E-state index is 3.83. The summed E-state index contributed by atoms with van der Waals surface area (Å²) >= 11 is 0. The topological polar surface area (TPSA) is 15.3 Å². The second-order valence-electron chi connectivity index (χ2n) is 4.75. The molecule has 1 N–H and O–H groups in total. The fourth-order valence-electron chi connectivity index (χ4n) is 2.54. The first-order chi connectivity index (χ1) is 7.26. The summed E-state index contributed by atoms with van der Waals surface area (Å²) in [6.45, 7) is 14.2. The first kappa shape index (κ1) is 12.7. The fraction of sp³-hybridized carbons (Fsp3) is 0.846. The van der Waals surface area contributed by atoms with E-state index in [0.29, 0.717) is 5.41 Å². The molecule has 2 nitrogen and oxygen atoms in total. The van der Waals surface area contributed by atoms with Gasteiger partial charge in [0, 0.05) is 19.6 Å². The van der Waals surface area contributed by atoms with Gasteiger partial charge in [-0.2, -0.15) is 0 Å². The van der Waals surface area contributed by atoms with Crippen molar-refractivity contribution < 1.29 is 0 Å². The second kappa shape index (κ2) is 6.29. The van der Waals surface area contributed by atoms with Gasteiger partial charge in [0.2, 0.25) is 0 Å². The van der Waals surface area contributed by atoms with Crippen molar-refractivity contribution in [2.75, 3.05) is 32.7 Å². The van der Waals surface area contributed by atoms with E-state index in [4.69, 9.17) is 0 Å². The van der Waals surface area contributed by atoms with Crippen LogP contribution in [0.25, 0.3) is 0 Å². The number of hydrogen-bond donors (Lipinski definition) is 1. The first-order valence-corrected chi connectivity index (χ1v) is 6.30. The Morgan fingerprint density at radius 1 is 1.47 bits per heavy atom. The molecular weight excluding hydrogens is 184 g/mol. The van der Waals surface area contributed by atoms with E-state index >= 15 is 0 Å². The van der Waals surface area contributed by atoms with E-state index in [0.717, 1.165) is 13.1 Å². The Bertz CT molecular complexity index is 183. The van der Waals surface area contributed by atoms with Crippen molar-refractivity contribution in [1.29, 1.82) is 0 Å². The highest BCUT2D eigenvalue weighted by Crippen LogP contribution is 2.30. The zero-order valence-corrected chi connectivity index (χ0v) is 10.4. The van der Waals surface area contributed by atoms with Gasteiger partial charge < -0.3 is 5.32 Å². The van der Waals surface area contributed by atoms with E-state index in [1.54, 1.807) is 0 Å². The van der Waals surface area contributed by atoms with Gasteiger partial charge in [-0.1, -0.05) is 19.9 Å². The summed E-state index contributed by atoms with van der Waals surface area (Å²) in [5.74, 6) is 0. The van der Waals surface area contributed by atoms with E-state index in [2.05, 4.69) is 30.6 Å². The molecular formula is C13H26N2. The molecule has 0 bridgehead atoms. The lowest BCUT2D eigenvalue weighted by Gasteiger charge is -2.40.